The van der Waals surface area contributed by atoms with Crippen LogP contribution >= 0.6 is 34.8 Å². The Kier molecular flexibility index (Phi) is 6.71. The molecular formula is C13H16Cl3N3O3. The van der Waals surface area contributed by atoms with E-state index in [4.69, 9.17) is 45.3 Å². The molecule has 6 nitrogen and oxygen atoms in total. The molecule has 1 aromatic rings. The van der Waals surface area contributed by atoms with E-state index in [9.17, 15) is 9.59 Å². The van der Waals surface area contributed by atoms with Crippen molar-refractivity contribution in [1.29, 1.82) is 0 Å². The van der Waals surface area contributed by atoms with Gasteiger partial charge in [0.05, 0.1) is 10.7 Å². The quantitative estimate of drug-likeness (QED) is 0.615. The smallest absolute Gasteiger partial charge is 0.359 e. The molecule has 1 heterocycles. The predicted octanol–water partition coefficient (Wildman–Crippen LogP) is 2.94. The van der Waals surface area contributed by atoms with Crippen molar-refractivity contribution in [3.05, 3.63) is 20.9 Å². The van der Waals surface area contributed by atoms with Crippen molar-refractivity contribution in [1.82, 2.24) is 10.3 Å². The van der Waals surface area contributed by atoms with Gasteiger partial charge in [-0.1, -0.05) is 48.7 Å². The Bertz CT molecular complexity index is 594. The second kappa shape index (κ2) is 7.85. The van der Waals surface area contributed by atoms with E-state index in [0.717, 1.165) is 0 Å². The van der Waals surface area contributed by atoms with Crippen molar-refractivity contribution in [2.45, 2.75) is 26.9 Å². The number of carbonyl (C=O) groups is 2. The van der Waals surface area contributed by atoms with Gasteiger partial charge in [-0.05, 0) is 12.8 Å². The lowest BCUT2D eigenvalue weighted by Gasteiger charge is -2.15. The van der Waals surface area contributed by atoms with Crippen LogP contribution in [-0.4, -0.2) is 29.5 Å². The molecule has 0 radical (unpaired) electrons. The number of aromatic nitrogens is 1. The van der Waals surface area contributed by atoms with E-state index in [2.05, 4.69) is 10.3 Å². The average Bonchev–Trinajstić information content (AvgIpc) is 2.45. The summed E-state index contributed by atoms with van der Waals surface area (Å²) in [6.45, 7) is 5.79. The van der Waals surface area contributed by atoms with Crippen LogP contribution in [0.5, 0.6) is 0 Å². The minimum atomic E-state index is -1.01. The number of anilines is 1. The van der Waals surface area contributed by atoms with Crippen LogP contribution in [0, 0.1) is 5.92 Å². The number of amides is 1. The number of carbonyl (C=O) groups excluding carboxylic acids is 2. The van der Waals surface area contributed by atoms with Crippen molar-refractivity contribution >= 4 is 52.4 Å². The minimum absolute atomic E-state index is 0.0501. The van der Waals surface area contributed by atoms with Crippen LogP contribution in [0.15, 0.2) is 0 Å². The summed E-state index contributed by atoms with van der Waals surface area (Å²) in [7, 11) is 0. The third-order valence-corrected chi connectivity index (χ3v) is 3.74. The molecule has 1 unspecified atom stereocenters. The molecule has 0 fully saturated rings. The number of nitrogen functional groups attached to an aromatic ring is 1. The molecule has 1 aromatic heterocycles. The van der Waals surface area contributed by atoms with Crippen LogP contribution < -0.4 is 11.1 Å². The lowest BCUT2D eigenvalue weighted by Crippen LogP contribution is -2.37. The first-order valence-electron chi connectivity index (χ1n) is 6.43. The van der Waals surface area contributed by atoms with Crippen molar-refractivity contribution in [2.24, 2.45) is 5.92 Å². The molecule has 0 spiro atoms. The number of rotatable bonds is 5. The number of pyridine rings is 1. The zero-order valence-electron chi connectivity index (χ0n) is 12.2. The van der Waals surface area contributed by atoms with Gasteiger partial charge < -0.3 is 15.8 Å². The number of ether oxygens (including phenoxy) is 1. The second-order valence-electron chi connectivity index (χ2n) is 4.98. The molecular weight excluding hydrogens is 353 g/mol. The highest BCUT2D eigenvalue weighted by molar-refractivity contribution is 6.46. The summed E-state index contributed by atoms with van der Waals surface area (Å²) in [5, 5.41) is 2.25. The fourth-order valence-electron chi connectivity index (χ4n) is 1.38. The van der Waals surface area contributed by atoms with E-state index in [1.807, 2.05) is 13.8 Å². The molecule has 1 amide bonds. The Morgan fingerprint density at radius 3 is 2.36 bits per heavy atom. The molecule has 1 atom stereocenters. The maximum atomic E-state index is 12.0. The first-order valence-corrected chi connectivity index (χ1v) is 7.57. The fraction of sp³-hybridized carbons (Fsp3) is 0.462. The number of nitrogens with one attached hydrogen (secondary N) is 1. The topological polar surface area (TPSA) is 94.3 Å². The van der Waals surface area contributed by atoms with Crippen LogP contribution in [0.3, 0.4) is 0 Å². The van der Waals surface area contributed by atoms with E-state index in [-0.39, 0.29) is 32.5 Å². The van der Waals surface area contributed by atoms with Crippen LogP contribution in [0.1, 0.15) is 31.3 Å². The van der Waals surface area contributed by atoms with Gasteiger partial charge in [0.25, 0.3) is 5.91 Å². The summed E-state index contributed by atoms with van der Waals surface area (Å²) >= 11 is 17.4. The van der Waals surface area contributed by atoms with Gasteiger partial charge in [0.15, 0.2) is 17.0 Å². The SMILES string of the molecule is CC(C)CNC(=O)C(C)OC(=O)c1nc(Cl)c(Cl)c(N)c1Cl. The molecule has 122 valence electrons. The third-order valence-electron chi connectivity index (χ3n) is 2.60. The van der Waals surface area contributed by atoms with Crippen LogP contribution in [-0.2, 0) is 9.53 Å². The van der Waals surface area contributed by atoms with Crippen LogP contribution in [0.4, 0.5) is 5.69 Å². The molecule has 0 aliphatic carbocycles. The zero-order chi connectivity index (χ0) is 17.0. The number of hydrogen-bond acceptors (Lipinski definition) is 5. The molecule has 0 saturated carbocycles. The van der Waals surface area contributed by atoms with Gasteiger partial charge in [-0.2, -0.15) is 0 Å². The summed E-state index contributed by atoms with van der Waals surface area (Å²) < 4.78 is 5.01. The van der Waals surface area contributed by atoms with Gasteiger partial charge in [0.2, 0.25) is 0 Å². The number of halogens is 3. The van der Waals surface area contributed by atoms with Gasteiger partial charge in [-0.15, -0.1) is 0 Å². The Labute approximate surface area is 143 Å². The van der Waals surface area contributed by atoms with Gasteiger partial charge >= 0.3 is 5.97 Å². The third kappa shape index (κ3) is 4.63. The molecule has 0 aliphatic rings. The van der Waals surface area contributed by atoms with Crippen molar-refractivity contribution < 1.29 is 14.3 Å². The predicted molar refractivity (Wildman–Crippen MR) is 86.4 cm³/mol. The first-order chi connectivity index (χ1) is 10.1. The summed E-state index contributed by atoms with van der Waals surface area (Å²) in [5.74, 6) is -1.06. The molecule has 22 heavy (non-hydrogen) atoms. The van der Waals surface area contributed by atoms with Gasteiger partial charge in [-0.25, -0.2) is 9.78 Å². The molecule has 0 saturated heterocycles. The maximum absolute atomic E-state index is 12.0. The molecule has 0 aromatic carbocycles. The highest BCUT2D eigenvalue weighted by atomic mass is 35.5. The van der Waals surface area contributed by atoms with Gasteiger partial charge in [-0.3, -0.25) is 4.79 Å². The molecule has 1 rings (SSSR count). The second-order valence-corrected chi connectivity index (χ2v) is 6.09. The zero-order valence-corrected chi connectivity index (χ0v) is 14.5. The van der Waals surface area contributed by atoms with Gasteiger partial charge in [0, 0.05) is 6.54 Å². The number of nitrogens with zero attached hydrogens (tertiary/aromatic N) is 1. The number of hydrogen-bond donors (Lipinski definition) is 2. The van der Waals surface area contributed by atoms with Gasteiger partial charge in [0.1, 0.15) is 5.02 Å². The Morgan fingerprint density at radius 2 is 1.82 bits per heavy atom. The number of nitrogens with two attached hydrogens (primary N) is 1. The Hall–Kier alpha value is -1.24. The molecule has 9 heteroatoms. The Morgan fingerprint density at radius 1 is 1.23 bits per heavy atom. The van der Waals surface area contributed by atoms with E-state index >= 15 is 0 Å². The standard InChI is InChI=1S/C13H16Cl3N3O3/c1-5(2)4-18-12(20)6(3)22-13(21)10-7(14)9(17)8(15)11(16)19-10/h5-6H,4H2,1-3H3,(H2,17,19)(H,18,20). The summed E-state index contributed by atoms with van der Waals surface area (Å²) in [6, 6.07) is 0. The van der Waals surface area contributed by atoms with Crippen molar-refractivity contribution in [2.75, 3.05) is 12.3 Å². The highest BCUT2D eigenvalue weighted by Gasteiger charge is 2.24. The van der Waals surface area contributed by atoms with Crippen LogP contribution in [0.2, 0.25) is 15.2 Å². The van der Waals surface area contributed by atoms with E-state index in [0.29, 0.717) is 6.54 Å². The lowest BCUT2D eigenvalue weighted by atomic mass is 10.2. The largest absolute Gasteiger partial charge is 0.448 e. The monoisotopic (exact) mass is 367 g/mol. The van der Waals surface area contributed by atoms with E-state index in [1.54, 1.807) is 0 Å². The number of esters is 1. The molecule has 0 aliphatic heterocycles. The summed E-state index contributed by atoms with van der Waals surface area (Å²) in [4.78, 5) is 27.5. The van der Waals surface area contributed by atoms with Crippen molar-refractivity contribution in [3.63, 3.8) is 0 Å². The van der Waals surface area contributed by atoms with Crippen molar-refractivity contribution in [3.8, 4) is 0 Å². The Balaban J connectivity index is 2.83. The summed E-state index contributed by atoms with van der Waals surface area (Å²) in [6.07, 6.45) is -1.01. The average molecular weight is 369 g/mol. The highest BCUT2D eigenvalue weighted by Crippen LogP contribution is 2.34. The lowest BCUT2D eigenvalue weighted by molar-refractivity contribution is -0.129. The van der Waals surface area contributed by atoms with E-state index < -0.39 is 18.0 Å². The molecule has 0 bridgehead atoms. The normalized spacial score (nSPS) is 12.1. The first kappa shape index (κ1) is 18.8. The maximum Gasteiger partial charge on any atom is 0.359 e. The van der Waals surface area contributed by atoms with Crippen LogP contribution in [0.25, 0.3) is 0 Å². The fourth-order valence-corrected chi connectivity index (χ4v) is 1.97. The van der Waals surface area contributed by atoms with E-state index in [1.165, 1.54) is 6.92 Å². The summed E-state index contributed by atoms with van der Waals surface area (Å²) in [5.41, 5.74) is 5.25. The molecule has 3 N–H and O–H groups in total. The minimum Gasteiger partial charge on any atom is -0.448 e.